The van der Waals surface area contributed by atoms with Crippen LogP contribution in [-0.4, -0.2) is 23.6 Å². The van der Waals surface area contributed by atoms with Gasteiger partial charge in [0.05, 0.1) is 11.9 Å². The molecule has 1 aromatic heterocycles. The maximum Gasteiger partial charge on any atom is 0.319 e. The molecule has 23 heavy (non-hydrogen) atoms. The molecule has 0 saturated heterocycles. The standard InChI is InChI=1S/C18H20N4O/c23-18(20-15-5-6-15)21-16-7-8-17(19-11-16)22-10-9-13-3-1-2-4-14(13)12-22/h1-4,7-8,11,15H,5-6,9-10,12H2,(H2,20,21,23). The van der Waals surface area contributed by atoms with Crippen molar-refractivity contribution in [1.82, 2.24) is 10.3 Å². The summed E-state index contributed by atoms with van der Waals surface area (Å²) in [6.07, 6.45) is 4.94. The average molecular weight is 308 g/mol. The minimum absolute atomic E-state index is 0.144. The first-order chi connectivity index (χ1) is 11.3. The molecule has 0 radical (unpaired) electrons. The number of nitrogens with one attached hydrogen (secondary N) is 2. The van der Waals surface area contributed by atoms with E-state index in [1.807, 2.05) is 12.1 Å². The number of rotatable bonds is 3. The van der Waals surface area contributed by atoms with Crippen molar-refractivity contribution >= 4 is 17.5 Å². The van der Waals surface area contributed by atoms with E-state index in [1.54, 1.807) is 6.20 Å². The van der Waals surface area contributed by atoms with Gasteiger partial charge in [-0.1, -0.05) is 24.3 Å². The lowest BCUT2D eigenvalue weighted by atomic mass is 10.00. The van der Waals surface area contributed by atoms with Crippen LogP contribution in [0.25, 0.3) is 0 Å². The molecule has 2 amide bonds. The second-order valence-electron chi connectivity index (χ2n) is 6.22. The van der Waals surface area contributed by atoms with Gasteiger partial charge in [-0.3, -0.25) is 0 Å². The fourth-order valence-corrected chi connectivity index (χ4v) is 2.92. The van der Waals surface area contributed by atoms with Gasteiger partial charge in [0.1, 0.15) is 5.82 Å². The van der Waals surface area contributed by atoms with Crippen LogP contribution in [0.5, 0.6) is 0 Å². The highest BCUT2D eigenvalue weighted by molar-refractivity contribution is 5.89. The van der Waals surface area contributed by atoms with E-state index >= 15 is 0 Å². The summed E-state index contributed by atoms with van der Waals surface area (Å²) in [5.41, 5.74) is 3.52. The lowest BCUT2D eigenvalue weighted by Gasteiger charge is -2.29. The van der Waals surface area contributed by atoms with Gasteiger partial charge in [0.25, 0.3) is 0 Å². The molecule has 118 valence electrons. The topological polar surface area (TPSA) is 57.3 Å². The first kappa shape index (κ1) is 14.1. The molecule has 1 aromatic carbocycles. The van der Waals surface area contributed by atoms with Gasteiger partial charge in [-0.05, 0) is 42.5 Å². The van der Waals surface area contributed by atoms with Crippen molar-refractivity contribution in [1.29, 1.82) is 0 Å². The summed E-state index contributed by atoms with van der Waals surface area (Å²) in [6.45, 7) is 1.86. The molecule has 1 fully saturated rings. The van der Waals surface area contributed by atoms with Gasteiger partial charge in [0, 0.05) is 19.1 Å². The molecular weight excluding hydrogens is 288 g/mol. The van der Waals surface area contributed by atoms with E-state index in [0.717, 1.165) is 43.9 Å². The number of hydrogen-bond acceptors (Lipinski definition) is 3. The van der Waals surface area contributed by atoms with Gasteiger partial charge in [-0.2, -0.15) is 0 Å². The monoisotopic (exact) mass is 308 g/mol. The van der Waals surface area contributed by atoms with Gasteiger partial charge in [0.2, 0.25) is 0 Å². The van der Waals surface area contributed by atoms with Crippen LogP contribution < -0.4 is 15.5 Å². The maximum atomic E-state index is 11.7. The Kier molecular flexibility index (Phi) is 3.61. The van der Waals surface area contributed by atoms with Gasteiger partial charge < -0.3 is 15.5 Å². The first-order valence-corrected chi connectivity index (χ1v) is 8.13. The largest absolute Gasteiger partial charge is 0.352 e. The van der Waals surface area contributed by atoms with Crippen molar-refractivity contribution < 1.29 is 4.79 Å². The third-order valence-electron chi connectivity index (χ3n) is 4.37. The fraction of sp³-hybridized carbons (Fsp3) is 0.333. The van der Waals surface area contributed by atoms with Crippen LogP contribution in [0, 0.1) is 0 Å². The summed E-state index contributed by atoms with van der Waals surface area (Å²) in [4.78, 5) is 18.5. The molecule has 4 rings (SSSR count). The SMILES string of the molecule is O=C(Nc1ccc(N2CCc3ccccc3C2)nc1)NC1CC1. The Balaban J connectivity index is 1.41. The lowest BCUT2D eigenvalue weighted by Crippen LogP contribution is -2.31. The minimum atomic E-state index is -0.144. The van der Waals surface area contributed by atoms with E-state index in [0.29, 0.717) is 6.04 Å². The van der Waals surface area contributed by atoms with E-state index in [1.165, 1.54) is 11.1 Å². The highest BCUT2D eigenvalue weighted by Gasteiger charge is 2.23. The van der Waals surface area contributed by atoms with Gasteiger partial charge in [-0.15, -0.1) is 0 Å². The second-order valence-corrected chi connectivity index (χ2v) is 6.22. The molecule has 2 heterocycles. The molecule has 0 unspecified atom stereocenters. The summed E-state index contributed by atoms with van der Waals surface area (Å²) < 4.78 is 0. The van der Waals surface area contributed by atoms with Crippen molar-refractivity contribution in [2.75, 3.05) is 16.8 Å². The summed E-state index contributed by atoms with van der Waals surface area (Å²) >= 11 is 0. The van der Waals surface area contributed by atoms with Crippen LogP contribution in [0.1, 0.15) is 24.0 Å². The summed E-state index contributed by atoms with van der Waals surface area (Å²) in [6, 6.07) is 12.7. The van der Waals surface area contributed by atoms with Crippen LogP contribution in [0.4, 0.5) is 16.3 Å². The molecule has 1 saturated carbocycles. The number of nitrogens with zero attached hydrogens (tertiary/aromatic N) is 2. The van der Waals surface area contributed by atoms with E-state index < -0.39 is 0 Å². The Morgan fingerprint density at radius 1 is 1.13 bits per heavy atom. The zero-order chi connectivity index (χ0) is 15.6. The highest BCUT2D eigenvalue weighted by atomic mass is 16.2. The Morgan fingerprint density at radius 3 is 2.70 bits per heavy atom. The van der Waals surface area contributed by atoms with E-state index in [-0.39, 0.29) is 6.03 Å². The molecular formula is C18H20N4O. The molecule has 0 bridgehead atoms. The number of carbonyl (C=O) groups is 1. The second kappa shape index (κ2) is 5.91. The van der Waals surface area contributed by atoms with Gasteiger partial charge >= 0.3 is 6.03 Å². The predicted molar refractivity (Wildman–Crippen MR) is 90.6 cm³/mol. The fourth-order valence-electron chi connectivity index (χ4n) is 2.92. The zero-order valence-corrected chi connectivity index (χ0v) is 13.0. The molecule has 5 heteroatoms. The van der Waals surface area contributed by atoms with E-state index in [2.05, 4.69) is 44.8 Å². The molecule has 0 spiro atoms. The molecule has 1 aliphatic heterocycles. The number of hydrogen-bond donors (Lipinski definition) is 2. The molecule has 0 atom stereocenters. The smallest absolute Gasteiger partial charge is 0.319 e. The van der Waals surface area contributed by atoms with Crippen LogP contribution in [-0.2, 0) is 13.0 Å². The van der Waals surface area contributed by atoms with Crippen LogP contribution >= 0.6 is 0 Å². The minimum Gasteiger partial charge on any atom is -0.352 e. The van der Waals surface area contributed by atoms with Crippen molar-refractivity contribution in [2.45, 2.75) is 31.8 Å². The highest BCUT2D eigenvalue weighted by Crippen LogP contribution is 2.24. The quantitative estimate of drug-likeness (QED) is 0.916. The van der Waals surface area contributed by atoms with E-state index in [4.69, 9.17) is 0 Å². The van der Waals surface area contributed by atoms with Crippen LogP contribution in [0.3, 0.4) is 0 Å². The maximum absolute atomic E-state index is 11.7. The molecule has 1 aliphatic carbocycles. The number of anilines is 2. The normalized spacial score (nSPS) is 16.6. The van der Waals surface area contributed by atoms with Crippen molar-refractivity contribution in [3.05, 3.63) is 53.7 Å². The molecule has 2 N–H and O–H groups in total. The summed E-state index contributed by atoms with van der Waals surface area (Å²) in [7, 11) is 0. The Morgan fingerprint density at radius 2 is 1.96 bits per heavy atom. The third-order valence-corrected chi connectivity index (χ3v) is 4.37. The molecule has 2 aromatic rings. The molecule has 2 aliphatic rings. The van der Waals surface area contributed by atoms with Crippen LogP contribution in [0.15, 0.2) is 42.6 Å². The Labute approximate surface area is 135 Å². The number of benzene rings is 1. The Hall–Kier alpha value is -2.56. The lowest BCUT2D eigenvalue weighted by molar-refractivity contribution is 0.251. The van der Waals surface area contributed by atoms with Crippen molar-refractivity contribution in [3.63, 3.8) is 0 Å². The number of carbonyl (C=O) groups excluding carboxylic acids is 1. The zero-order valence-electron chi connectivity index (χ0n) is 13.0. The predicted octanol–water partition coefficient (Wildman–Crippen LogP) is 2.93. The van der Waals surface area contributed by atoms with Crippen molar-refractivity contribution in [2.24, 2.45) is 0 Å². The number of urea groups is 1. The summed E-state index contributed by atoms with van der Waals surface area (Å²) in [5, 5.41) is 5.73. The number of pyridine rings is 1. The Bertz CT molecular complexity index is 709. The van der Waals surface area contributed by atoms with Gasteiger partial charge in [-0.25, -0.2) is 9.78 Å². The number of fused-ring (bicyclic) bond motifs is 1. The number of aromatic nitrogens is 1. The van der Waals surface area contributed by atoms with Gasteiger partial charge in [0.15, 0.2) is 0 Å². The molecule has 5 nitrogen and oxygen atoms in total. The number of amides is 2. The third kappa shape index (κ3) is 3.28. The first-order valence-electron chi connectivity index (χ1n) is 8.13. The summed E-state index contributed by atoms with van der Waals surface area (Å²) in [5.74, 6) is 0.952. The van der Waals surface area contributed by atoms with Crippen LogP contribution in [0.2, 0.25) is 0 Å². The average Bonchev–Trinajstić information content (AvgIpc) is 3.39. The van der Waals surface area contributed by atoms with E-state index in [9.17, 15) is 4.79 Å². The van der Waals surface area contributed by atoms with Crippen molar-refractivity contribution in [3.8, 4) is 0 Å².